The number of rotatable bonds is 5. The molecule has 2 rings (SSSR count). The fourth-order valence-corrected chi connectivity index (χ4v) is 2.42. The predicted octanol–water partition coefficient (Wildman–Crippen LogP) is 2.64. The third-order valence-corrected chi connectivity index (χ3v) is 3.62. The maximum absolute atomic E-state index is 11.9. The van der Waals surface area contributed by atoms with Crippen molar-refractivity contribution in [3.63, 3.8) is 0 Å². The van der Waals surface area contributed by atoms with Crippen LogP contribution in [-0.2, 0) is 4.79 Å². The van der Waals surface area contributed by atoms with Gasteiger partial charge in [-0.05, 0) is 67.2 Å². The van der Waals surface area contributed by atoms with E-state index in [1.54, 1.807) is 42.5 Å². The second-order valence-electron chi connectivity index (χ2n) is 5.14. The van der Waals surface area contributed by atoms with Crippen LogP contribution in [0.3, 0.4) is 0 Å². The molecule has 8 heteroatoms. The van der Waals surface area contributed by atoms with Gasteiger partial charge in [-0.2, -0.15) is 0 Å². The first-order valence-electron chi connectivity index (χ1n) is 7.25. The summed E-state index contributed by atoms with van der Waals surface area (Å²) >= 11 is 10.9. The first kappa shape index (κ1) is 18.7. The van der Waals surface area contributed by atoms with Gasteiger partial charge < -0.3 is 15.8 Å². The van der Waals surface area contributed by atoms with Gasteiger partial charge >= 0.3 is 0 Å². The van der Waals surface area contributed by atoms with Gasteiger partial charge in [0.05, 0.1) is 0 Å². The van der Waals surface area contributed by atoms with Gasteiger partial charge in [-0.1, -0.05) is 11.6 Å². The molecule has 0 saturated carbocycles. The highest BCUT2D eigenvalue weighted by Gasteiger charge is 2.08. The van der Waals surface area contributed by atoms with E-state index in [-0.39, 0.29) is 11.7 Å². The normalized spacial score (nSPS) is 10.0. The fraction of sp³-hybridized carbons (Fsp3) is 0.118. The summed E-state index contributed by atoms with van der Waals surface area (Å²) in [5.74, 6) is -0.349. The molecule has 0 atom stereocenters. The summed E-state index contributed by atoms with van der Waals surface area (Å²) < 4.78 is 5.44. The number of anilines is 1. The molecule has 6 nitrogen and oxygen atoms in total. The van der Waals surface area contributed by atoms with Gasteiger partial charge in [0, 0.05) is 16.3 Å². The van der Waals surface area contributed by atoms with E-state index in [1.807, 2.05) is 6.92 Å². The molecule has 0 fully saturated rings. The van der Waals surface area contributed by atoms with Crippen molar-refractivity contribution in [1.82, 2.24) is 5.32 Å². The van der Waals surface area contributed by atoms with Crippen molar-refractivity contribution < 1.29 is 14.3 Å². The average Bonchev–Trinajstić information content (AvgIpc) is 2.54. The zero-order valence-electron chi connectivity index (χ0n) is 13.3. The van der Waals surface area contributed by atoms with Gasteiger partial charge in [0.1, 0.15) is 5.75 Å². The van der Waals surface area contributed by atoms with Crippen molar-refractivity contribution in [3.8, 4) is 5.75 Å². The zero-order chi connectivity index (χ0) is 18.4. The number of carbonyl (C=O) groups excluding carboxylic acids is 2. The lowest BCUT2D eigenvalue weighted by Gasteiger charge is -2.11. The molecule has 0 saturated heterocycles. The molecule has 0 aliphatic rings. The number of hydrogen-bond donors (Lipinski definition) is 3. The monoisotopic (exact) mass is 377 g/mol. The zero-order valence-corrected chi connectivity index (χ0v) is 14.9. The number of primary amides is 1. The highest BCUT2D eigenvalue weighted by atomic mass is 35.5. The Kier molecular flexibility index (Phi) is 6.32. The third-order valence-electron chi connectivity index (χ3n) is 3.18. The van der Waals surface area contributed by atoms with Crippen LogP contribution in [0.1, 0.15) is 15.9 Å². The van der Waals surface area contributed by atoms with Crippen molar-refractivity contribution in [2.45, 2.75) is 6.92 Å². The largest absolute Gasteiger partial charge is 0.483 e. The minimum absolute atomic E-state index is 0.119. The summed E-state index contributed by atoms with van der Waals surface area (Å²) in [6.45, 7) is 1.64. The molecular formula is C17H16ClN3O3S. The smallest absolute Gasteiger partial charge is 0.264 e. The molecule has 4 N–H and O–H groups in total. The van der Waals surface area contributed by atoms with Gasteiger partial charge in [-0.15, -0.1) is 0 Å². The summed E-state index contributed by atoms with van der Waals surface area (Å²) in [6.07, 6.45) is 0. The number of thiocarbonyl (C=S) groups is 1. The lowest BCUT2D eigenvalue weighted by atomic mass is 10.2. The number of halogens is 1. The average molecular weight is 378 g/mol. The predicted molar refractivity (Wildman–Crippen MR) is 101 cm³/mol. The number of amides is 2. The summed E-state index contributed by atoms with van der Waals surface area (Å²) in [6, 6.07) is 11.5. The van der Waals surface area contributed by atoms with E-state index in [0.717, 1.165) is 5.56 Å². The minimum atomic E-state index is -0.517. The molecule has 0 bridgehead atoms. The molecule has 25 heavy (non-hydrogen) atoms. The number of carbonyl (C=O) groups is 2. The van der Waals surface area contributed by atoms with Crippen molar-refractivity contribution in [1.29, 1.82) is 0 Å². The Hall–Kier alpha value is -2.64. The van der Waals surface area contributed by atoms with E-state index in [1.165, 1.54) is 0 Å². The van der Waals surface area contributed by atoms with E-state index in [9.17, 15) is 9.59 Å². The molecule has 0 unspecified atom stereocenters. The van der Waals surface area contributed by atoms with E-state index < -0.39 is 11.8 Å². The SMILES string of the molecule is Cc1cc(Cl)ccc1OCC(=O)NC(=S)Nc1ccc(C(N)=O)cc1. The molecule has 0 aliphatic carbocycles. The Morgan fingerprint density at radius 2 is 1.88 bits per heavy atom. The molecule has 0 aliphatic heterocycles. The van der Waals surface area contributed by atoms with E-state index in [4.69, 9.17) is 34.3 Å². The van der Waals surface area contributed by atoms with E-state index in [0.29, 0.717) is 22.0 Å². The summed E-state index contributed by atoms with van der Waals surface area (Å²) in [7, 11) is 0. The van der Waals surface area contributed by atoms with Gasteiger partial charge in [0.25, 0.3) is 5.91 Å². The summed E-state index contributed by atoms with van der Waals surface area (Å²) in [4.78, 5) is 22.9. The van der Waals surface area contributed by atoms with E-state index >= 15 is 0 Å². The molecule has 0 aromatic heterocycles. The van der Waals surface area contributed by atoms with Gasteiger partial charge in [-0.25, -0.2) is 0 Å². The van der Waals surface area contributed by atoms with Crippen LogP contribution in [0.4, 0.5) is 5.69 Å². The first-order chi connectivity index (χ1) is 11.8. The molecule has 130 valence electrons. The van der Waals surface area contributed by atoms with Crippen LogP contribution in [0.2, 0.25) is 5.02 Å². The van der Waals surface area contributed by atoms with Crippen LogP contribution in [0, 0.1) is 6.92 Å². The number of nitrogens with one attached hydrogen (secondary N) is 2. The summed E-state index contributed by atoms with van der Waals surface area (Å²) in [5.41, 5.74) is 6.99. The molecule has 0 heterocycles. The third kappa shape index (κ3) is 5.74. The molecule has 2 aromatic rings. The Balaban J connectivity index is 1.83. The quantitative estimate of drug-likeness (QED) is 0.696. The van der Waals surface area contributed by atoms with Crippen molar-refractivity contribution in [3.05, 3.63) is 58.6 Å². The van der Waals surface area contributed by atoms with Crippen molar-refractivity contribution in [2.75, 3.05) is 11.9 Å². The van der Waals surface area contributed by atoms with Gasteiger partial charge in [-0.3, -0.25) is 14.9 Å². The minimum Gasteiger partial charge on any atom is -0.483 e. The standard InChI is InChI=1S/C17H16ClN3O3S/c1-10-8-12(18)4-7-14(10)24-9-15(22)21-17(25)20-13-5-2-11(3-6-13)16(19)23/h2-8H,9H2,1H3,(H2,19,23)(H2,20,21,22,25). The van der Waals surface area contributed by atoms with Crippen LogP contribution in [0.25, 0.3) is 0 Å². The van der Waals surface area contributed by atoms with Crippen LogP contribution < -0.4 is 21.1 Å². The number of benzene rings is 2. The molecular weight excluding hydrogens is 362 g/mol. The summed E-state index contributed by atoms with van der Waals surface area (Å²) in [5, 5.41) is 6.05. The maximum atomic E-state index is 11.9. The highest BCUT2D eigenvalue weighted by Crippen LogP contribution is 2.21. The van der Waals surface area contributed by atoms with Crippen LogP contribution in [0.5, 0.6) is 5.75 Å². The maximum Gasteiger partial charge on any atom is 0.264 e. The van der Waals surface area contributed by atoms with E-state index in [2.05, 4.69) is 10.6 Å². The lowest BCUT2D eigenvalue weighted by molar-refractivity contribution is -0.121. The number of nitrogens with two attached hydrogens (primary N) is 1. The van der Waals surface area contributed by atoms with Crippen LogP contribution >= 0.6 is 23.8 Å². The second-order valence-corrected chi connectivity index (χ2v) is 5.99. The molecule has 2 amide bonds. The van der Waals surface area contributed by atoms with Gasteiger partial charge in [0.2, 0.25) is 5.91 Å². The lowest BCUT2D eigenvalue weighted by Crippen LogP contribution is -2.37. The molecule has 0 radical (unpaired) electrons. The Bertz CT molecular complexity index is 809. The number of ether oxygens (including phenoxy) is 1. The topological polar surface area (TPSA) is 93.4 Å². The van der Waals surface area contributed by atoms with Crippen LogP contribution in [-0.4, -0.2) is 23.5 Å². The fourth-order valence-electron chi connectivity index (χ4n) is 1.96. The Morgan fingerprint density at radius 3 is 2.48 bits per heavy atom. The second kappa shape index (κ2) is 8.46. The van der Waals surface area contributed by atoms with Crippen molar-refractivity contribution in [2.24, 2.45) is 5.73 Å². The van der Waals surface area contributed by atoms with Crippen molar-refractivity contribution >= 4 is 46.4 Å². The first-order valence-corrected chi connectivity index (χ1v) is 8.03. The Morgan fingerprint density at radius 1 is 1.20 bits per heavy atom. The van der Waals surface area contributed by atoms with Gasteiger partial charge in [0.15, 0.2) is 11.7 Å². The van der Waals surface area contributed by atoms with Crippen LogP contribution in [0.15, 0.2) is 42.5 Å². The Labute approximate surface area is 155 Å². The highest BCUT2D eigenvalue weighted by molar-refractivity contribution is 7.80. The molecule has 2 aromatic carbocycles. The molecule has 0 spiro atoms. The number of aryl methyl sites for hydroxylation is 1. The number of hydrogen-bond acceptors (Lipinski definition) is 4.